The zero-order valence-corrected chi connectivity index (χ0v) is 12.3. The van der Waals surface area contributed by atoms with Crippen LogP contribution >= 0.6 is 0 Å². The van der Waals surface area contributed by atoms with Crippen LogP contribution in [0.3, 0.4) is 0 Å². The molecule has 7 heteroatoms. The molecule has 0 saturated carbocycles. The molecule has 0 radical (unpaired) electrons. The van der Waals surface area contributed by atoms with E-state index in [0.29, 0.717) is 25.9 Å². The number of nitrogens with zero attached hydrogens (tertiary/aromatic N) is 2. The molecule has 1 saturated heterocycles. The summed E-state index contributed by atoms with van der Waals surface area (Å²) < 4.78 is 26.1. The van der Waals surface area contributed by atoms with Crippen LogP contribution in [0.25, 0.3) is 0 Å². The third kappa shape index (κ3) is 3.34. The fraction of sp³-hybridized carbons (Fsp3) is 0.538. The van der Waals surface area contributed by atoms with Crippen molar-refractivity contribution in [2.75, 3.05) is 18.8 Å². The van der Waals surface area contributed by atoms with Gasteiger partial charge in [-0.1, -0.05) is 13.0 Å². The summed E-state index contributed by atoms with van der Waals surface area (Å²) in [5.41, 5.74) is 0.741. The fourth-order valence-electron chi connectivity index (χ4n) is 2.31. The van der Waals surface area contributed by atoms with Crippen molar-refractivity contribution in [2.45, 2.75) is 25.8 Å². The van der Waals surface area contributed by atoms with E-state index >= 15 is 0 Å². The lowest BCUT2D eigenvalue weighted by Gasteiger charge is -2.33. The number of aryl methyl sites for hydroxylation is 1. The minimum atomic E-state index is -3.44. The summed E-state index contributed by atoms with van der Waals surface area (Å²) >= 11 is 0. The van der Waals surface area contributed by atoms with E-state index in [1.807, 2.05) is 13.0 Å². The Labute approximate surface area is 119 Å². The number of pyridine rings is 1. The molecule has 0 bridgehead atoms. The minimum absolute atomic E-state index is 0.0200. The molecule has 1 aliphatic rings. The Morgan fingerprint density at radius 1 is 1.45 bits per heavy atom. The molecule has 0 aliphatic carbocycles. The van der Waals surface area contributed by atoms with Gasteiger partial charge in [-0.05, 0) is 18.6 Å². The lowest BCUT2D eigenvalue weighted by Crippen LogP contribution is -2.57. The van der Waals surface area contributed by atoms with Crippen molar-refractivity contribution in [3.8, 4) is 0 Å². The highest BCUT2D eigenvalue weighted by Gasteiger charge is 2.35. The number of amides is 1. The SMILES string of the molecule is CCC1C(=O)NCCN1S(=O)(=O)CCc1ccccn1. The smallest absolute Gasteiger partial charge is 0.238 e. The zero-order valence-electron chi connectivity index (χ0n) is 11.4. The van der Waals surface area contributed by atoms with Gasteiger partial charge in [-0.2, -0.15) is 4.31 Å². The first-order chi connectivity index (χ1) is 9.54. The highest BCUT2D eigenvalue weighted by Crippen LogP contribution is 2.15. The van der Waals surface area contributed by atoms with Crippen LogP contribution in [0.5, 0.6) is 0 Å². The van der Waals surface area contributed by atoms with E-state index in [9.17, 15) is 13.2 Å². The van der Waals surface area contributed by atoms with Gasteiger partial charge in [0.05, 0.1) is 5.75 Å². The maximum atomic E-state index is 12.4. The summed E-state index contributed by atoms with van der Waals surface area (Å²) in [4.78, 5) is 15.8. The van der Waals surface area contributed by atoms with Gasteiger partial charge in [0.1, 0.15) is 6.04 Å². The normalized spacial score (nSPS) is 20.6. The van der Waals surface area contributed by atoms with Gasteiger partial charge < -0.3 is 5.32 Å². The van der Waals surface area contributed by atoms with Crippen LogP contribution in [-0.4, -0.2) is 48.5 Å². The van der Waals surface area contributed by atoms with Crippen molar-refractivity contribution in [3.05, 3.63) is 30.1 Å². The Balaban J connectivity index is 2.07. The van der Waals surface area contributed by atoms with Crippen molar-refractivity contribution in [1.29, 1.82) is 0 Å². The molecule has 0 spiro atoms. The van der Waals surface area contributed by atoms with Crippen molar-refractivity contribution >= 4 is 15.9 Å². The first kappa shape index (κ1) is 14.9. The summed E-state index contributed by atoms with van der Waals surface area (Å²) in [6.07, 6.45) is 2.48. The lowest BCUT2D eigenvalue weighted by atomic mass is 10.2. The summed E-state index contributed by atoms with van der Waals surface area (Å²) in [6.45, 7) is 2.53. The van der Waals surface area contributed by atoms with Crippen molar-refractivity contribution in [1.82, 2.24) is 14.6 Å². The number of aromatic nitrogens is 1. The summed E-state index contributed by atoms with van der Waals surface area (Å²) in [5, 5.41) is 2.70. The molecule has 110 valence electrons. The number of carbonyl (C=O) groups is 1. The summed E-state index contributed by atoms with van der Waals surface area (Å²) in [5.74, 6) is -0.228. The van der Waals surface area contributed by atoms with Gasteiger partial charge in [0.2, 0.25) is 15.9 Å². The first-order valence-corrected chi connectivity index (χ1v) is 8.32. The Morgan fingerprint density at radius 3 is 2.90 bits per heavy atom. The van der Waals surface area contributed by atoms with E-state index in [0.717, 1.165) is 5.69 Å². The predicted octanol–water partition coefficient (Wildman–Crippen LogP) is 0.164. The third-order valence-electron chi connectivity index (χ3n) is 3.37. The second kappa shape index (κ2) is 6.32. The van der Waals surface area contributed by atoms with Gasteiger partial charge >= 0.3 is 0 Å². The molecular formula is C13H19N3O3S. The van der Waals surface area contributed by atoms with Crippen molar-refractivity contribution in [2.24, 2.45) is 0 Å². The zero-order chi connectivity index (χ0) is 14.6. The van der Waals surface area contributed by atoms with Crippen molar-refractivity contribution in [3.63, 3.8) is 0 Å². The average molecular weight is 297 g/mol. The number of sulfonamides is 1. The van der Waals surface area contributed by atoms with Crippen LogP contribution in [0.1, 0.15) is 19.0 Å². The Bertz CT molecular complexity index is 559. The van der Waals surface area contributed by atoms with E-state index in [1.54, 1.807) is 18.3 Å². The largest absolute Gasteiger partial charge is 0.353 e. The van der Waals surface area contributed by atoms with E-state index in [2.05, 4.69) is 10.3 Å². The maximum absolute atomic E-state index is 12.4. The van der Waals surface area contributed by atoms with E-state index in [4.69, 9.17) is 0 Å². The molecule has 1 aromatic rings. The van der Waals surface area contributed by atoms with Crippen molar-refractivity contribution < 1.29 is 13.2 Å². The van der Waals surface area contributed by atoms with Gasteiger partial charge in [-0.3, -0.25) is 9.78 Å². The van der Waals surface area contributed by atoms with E-state index in [1.165, 1.54) is 4.31 Å². The molecule has 1 fully saturated rings. The quantitative estimate of drug-likeness (QED) is 0.840. The topological polar surface area (TPSA) is 79.4 Å². The molecule has 1 atom stereocenters. The van der Waals surface area contributed by atoms with Crippen LogP contribution < -0.4 is 5.32 Å². The molecule has 1 unspecified atom stereocenters. The molecular weight excluding hydrogens is 278 g/mol. The van der Waals surface area contributed by atoms with Gasteiger partial charge in [-0.15, -0.1) is 0 Å². The molecule has 6 nitrogen and oxygen atoms in total. The minimum Gasteiger partial charge on any atom is -0.353 e. The van der Waals surface area contributed by atoms with E-state index < -0.39 is 16.1 Å². The van der Waals surface area contributed by atoms with Crippen LogP contribution in [0.2, 0.25) is 0 Å². The predicted molar refractivity (Wildman–Crippen MR) is 75.5 cm³/mol. The monoisotopic (exact) mass is 297 g/mol. The standard InChI is InChI=1S/C13H19N3O3S/c1-2-12-13(17)15-8-9-16(12)20(18,19)10-6-11-5-3-4-7-14-11/h3-5,7,12H,2,6,8-10H2,1H3,(H,15,17). The summed E-state index contributed by atoms with van der Waals surface area (Å²) in [7, 11) is -3.44. The van der Waals surface area contributed by atoms with Gasteiger partial charge in [0.15, 0.2) is 0 Å². The molecule has 20 heavy (non-hydrogen) atoms. The lowest BCUT2D eigenvalue weighted by molar-refractivity contribution is -0.126. The number of carbonyl (C=O) groups excluding carboxylic acids is 1. The van der Waals surface area contributed by atoms with Crippen LogP contribution in [0, 0.1) is 0 Å². The molecule has 1 amide bonds. The first-order valence-electron chi connectivity index (χ1n) is 6.71. The van der Waals surface area contributed by atoms with Crippen LogP contribution in [0.4, 0.5) is 0 Å². The average Bonchev–Trinajstić information content (AvgIpc) is 2.46. The number of hydrogen-bond acceptors (Lipinski definition) is 4. The Hall–Kier alpha value is -1.47. The summed E-state index contributed by atoms with van der Waals surface area (Å²) in [6, 6.07) is 4.84. The van der Waals surface area contributed by atoms with Gasteiger partial charge in [0.25, 0.3) is 0 Å². The third-order valence-corrected chi connectivity index (χ3v) is 5.24. The Kier molecular flexibility index (Phi) is 4.72. The maximum Gasteiger partial charge on any atom is 0.238 e. The Morgan fingerprint density at radius 2 is 2.25 bits per heavy atom. The number of piperazine rings is 1. The second-order valence-electron chi connectivity index (χ2n) is 4.71. The number of rotatable bonds is 5. The molecule has 2 rings (SSSR count). The van der Waals surface area contributed by atoms with E-state index in [-0.39, 0.29) is 11.7 Å². The number of nitrogens with one attached hydrogen (secondary N) is 1. The molecule has 1 N–H and O–H groups in total. The highest BCUT2D eigenvalue weighted by molar-refractivity contribution is 7.89. The molecule has 1 aromatic heterocycles. The van der Waals surface area contributed by atoms with Crippen LogP contribution in [0.15, 0.2) is 24.4 Å². The fourth-order valence-corrected chi connectivity index (χ4v) is 4.02. The van der Waals surface area contributed by atoms with Gasteiger partial charge in [0, 0.05) is 31.4 Å². The molecule has 0 aromatic carbocycles. The molecule has 2 heterocycles. The van der Waals surface area contributed by atoms with Gasteiger partial charge in [-0.25, -0.2) is 8.42 Å². The highest BCUT2D eigenvalue weighted by atomic mass is 32.2. The second-order valence-corrected chi connectivity index (χ2v) is 6.75. The number of hydrogen-bond donors (Lipinski definition) is 1. The molecule has 1 aliphatic heterocycles. The van der Waals surface area contributed by atoms with Crippen LogP contribution in [-0.2, 0) is 21.2 Å².